The van der Waals surface area contributed by atoms with E-state index in [4.69, 9.17) is 4.74 Å². The van der Waals surface area contributed by atoms with Crippen LogP contribution < -0.4 is 10.2 Å². The third-order valence-corrected chi connectivity index (χ3v) is 6.49. The van der Waals surface area contributed by atoms with E-state index in [-0.39, 0.29) is 18.1 Å². The summed E-state index contributed by atoms with van der Waals surface area (Å²) in [5, 5.41) is 2.98. The van der Waals surface area contributed by atoms with Gasteiger partial charge in [0.1, 0.15) is 5.82 Å². The largest absolute Gasteiger partial charge is 0.372 e. The van der Waals surface area contributed by atoms with Crippen LogP contribution in [0.4, 0.5) is 5.82 Å². The zero-order chi connectivity index (χ0) is 19.9. The molecule has 5 nitrogen and oxygen atoms in total. The predicted octanol–water partition coefficient (Wildman–Crippen LogP) is 4.26. The molecule has 150 valence electrons. The molecule has 1 saturated heterocycles. The van der Waals surface area contributed by atoms with Gasteiger partial charge in [-0.25, -0.2) is 4.98 Å². The van der Waals surface area contributed by atoms with E-state index in [1.807, 2.05) is 36.5 Å². The second-order valence-corrected chi connectivity index (χ2v) is 8.98. The van der Waals surface area contributed by atoms with Crippen molar-refractivity contribution in [3.8, 4) is 0 Å². The molecule has 2 unspecified atom stereocenters. The van der Waals surface area contributed by atoms with E-state index in [1.54, 1.807) is 11.8 Å². The standard InChI is InChI=1S/C21H26BrN3O2S/c1-15-13-25(14-16(2)27-15)20-8-7-17(11-23-20)12-24-21(26)9-10-28-19-6-4-3-5-18(19)22/h3-8,11,15-16H,9-10,12-14H2,1-2H3,(H,24,26). The number of ether oxygens (including phenoxy) is 1. The molecule has 1 aliphatic heterocycles. The molecule has 1 fully saturated rings. The molecule has 0 spiro atoms. The summed E-state index contributed by atoms with van der Waals surface area (Å²) in [7, 11) is 0. The number of carbonyl (C=O) groups is 1. The average molecular weight is 464 g/mol. The number of nitrogens with zero attached hydrogens (tertiary/aromatic N) is 2. The molecule has 0 aliphatic carbocycles. The lowest BCUT2D eigenvalue weighted by Crippen LogP contribution is -2.45. The van der Waals surface area contributed by atoms with E-state index in [1.165, 1.54) is 0 Å². The molecule has 2 atom stereocenters. The molecule has 2 heterocycles. The maximum absolute atomic E-state index is 12.1. The molecule has 28 heavy (non-hydrogen) atoms. The highest BCUT2D eigenvalue weighted by molar-refractivity contribution is 9.10. The van der Waals surface area contributed by atoms with Crippen molar-refractivity contribution in [2.45, 2.75) is 43.9 Å². The van der Waals surface area contributed by atoms with Crippen LogP contribution in [0.1, 0.15) is 25.8 Å². The first kappa shape index (κ1) is 21.1. The van der Waals surface area contributed by atoms with Crippen LogP contribution in [0.15, 0.2) is 52.0 Å². The quantitative estimate of drug-likeness (QED) is 0.621. The first-order valence-electron chi connectivity index (χ1n) is 9.50. The normalized spacial score (nSPS) is 19.5. The molecule has 0 radical (unpaired) electrons. The monoisotopic (exact) mass is 463 g/mol. The summed E-state index contributed by atoms with van der Waals surface area (Å²) in [4.78, 5) is 20.1. The fourth-order valence-electron chi connectivity index (χ4n) is 3.18. The van der Waals surface area contributed by atoms with Crippen molar-refractivity contribution in [3.05, 3.63) is 52.6 Å². The van der Waals surface area contributed by atoms with Crippen LogP contribution in [0.5, 0.6) is 0 Å². The van der Waals surface area contributed by atoms with E-state index >= 15 is 0 Å². The van der Waals surface area contributed by atoms with Crippen LogP contribution in [-0.2, 0) is 16.1 Å². The van der Waals surface area contributed by atoms with Crippen molar-refractivity contribution in [3.63, 3.8) is 0 Å². The molecule has 1 amide bonds. The number of nitrogens with one attached hydrogen (secondary N) is 1. The highest BCUT2D eigenvalue weighted by Crippen LogP contribution is 2.27. The number of rotatable bonds is 7. The zero-order valence-electron chi connectivity index (χ0n) is 16.2. The molecule has 7 heteroatoms. The number of aromatic nitrogens is 1. The minimum atomic E-state index is 0.0551. The van der Waals surface area contributed by atoms with Gasteiger partial charge in [0.05, 0.1) is 12.2 Å². The van der Waals surface area contributed by atoms with Gasteiger partial charge in [0.25, 0.3) is 0 Å². The molecule has 1 aromatic heterocycles. The number of carbonyl (C=O) groups excluding carboxylic acids is 1. The third kappa shape index (κ3) is 6.22. The second-order valence-electron chi connectivity index (χ2n) is 6.99. The van der Waals surface area contributed by atoms with Gasteiger partial charge < -0.3 is 15.0 Å². The number of hydrogen-bond acceptors (Lipinski definition) is 5. The van der Waals surface area contributed by atoms with Gasteiger partial charge in [-0.05, 0) is 53.5 Å². The van der Waals surface area contributed by atoms with Crippen molar-refractivity contribution in [2.24, 2.45) is 0 Å². The Labute approximate surface area is 179 Å². The Hall–Kier alpha value is -1.57. The van der Waals surface area contributed by atoms with Crippen LogP contribution >= 0.6 is 27.7 Å². The van der Waals surface area contributed by atoms with E-state index in [2.05, 4.69) is 51.0 Å². The third-order valence-electron chi connectivity index (χ3n) is 4.47. The van der Waals surface area contributed by atoms with Crippen LogP contribution in [-0.4, -0.2) is 41.9 Å². The molecule has 2 aromatic rings. The van der Waals surface area contributed by atoms with Gasteiger partial charge in [-0.15, -0.1) is 11.8 Å². The topological polar surface area (TPSA) is 54.5 Å². The smallest absolute Gasteiger partial charge is 0.221 e. The maximum Gasteiger partial charge on any atom is 0.221 e. The molecule has 0 bridgehead atoms. The number of amides is 1. The summed E-state index contributed by atoms with van der Waals surface area (Å²) < 4.78 is 6.84. The predicted molar refractivity (Wildman–Crippen MR) is 118 cm³/mol. The van der Waals surface area contributed by atoms with Gasteiger partial charge in [0.2, 0.25) is 5.91 Å². The van der Waals surface area contributed by atoms with Crippen molar-refractivity contribution < 1.29 is 9.53 Å². The molecule has 3 rings (SSSR count). The Morgan fingerprint density at radius 2 is 2.00 bits per heavy atom. The van der Waals surface area contributed by atoms with E-state index in [9.17, 15) is 4.79 Å². The average Bonchev–Trinajstić information content (AvgIpc) is 2.67. The van der Waals surface area contributed by atoms with Crippen LogP contribution in [0.25, 0.3) is 0 Å². The van der Waals surface area contributed by atoms with Crippen molar-refractivity contribution in [2.75, 3.05) is 23.7 Å². The molecule has 0 saturated carbocycles. The SMILES string of the molecule is CC1CN(c2ccc(CNC(=O)CCSc3ccccc3Br)cn2)CC(C)O1. The molecule has 1 N–H and O–H groups in total. The van der Waals surface area contributed by atoms with E-state index in [0.717, 1.165) is 39.6 Å². The first-order chi connectivity index (χ1) is 13.5. The number of hydrogen-bond donors (Lipinski definition) is 1. The van der Waals surface area contributed by atoms with Crippen LogP contribution in [0, 0.1) is 0 Å². The van der Waals surface area contributed by atoms with Crippen LogP contribution in [0.3, 0.4) is 0 Å². The summed E-state index contributed by atoms with van der Waals surface area (Å²) in [5.74, 6) is 1.76. The minimum Gasteiger partial charge on any atom is -0.372 e. The van der Waals surface area contributed by atoms with E-state index < -0.39 is 0 Å². The van der Waals surface area contributed by atoms with Crippen molar-refractivity contribution >= 4 is 39.4 Å². The molecule has 1 aliphatic rings. The Kier molecular flexibility index (Phi) is 7.76. The number of benzene rings is 1. The van der Waals surface area contributed by atoms with Gasteiger partial charge >= 0.3 is 0 Å². The Bertz CT molecular complexity index is 777. The zero-order valence-corrected chi connectivity index (χ0v) is 18.6. The summed E-state index contributed by atoms with van der Waals surface area (Å²) in [6, 6.07) is 12.1. The fourth-order valence-corrected chi connectivity index (χ4v) is 4.69. The molecular formula is C21H26BrN3O2S. The minimum absolute atomic E-state index is 0.0551. The highest BCUT2D eigenvalue weighted by atomic mass is 79.9. The number of halogens is 1. The summed E-state index contributed by atoms with van der Waals surface area (Å²) in [6.45, 7) is 6.37. The Balaban J connectivity index is 1.42. The Morgan fingerprint density at radius 3 is 2.68 bits per heavy atom. The van der Waals surface area contributed by atoms with E-state index in [0.29, 0.717) is 13.0 Å². The van der Waals surface area contributed by atoms with Gasteiger partial charge in [0, 0.05) is 47.4 Å². The molecule has 1 aromatic carbocycles. The number of thioether (sulfide) groups is 1. The number of morpholine rings is 1. The lowest BCUT2D eigenvalue weighted by molar-refractivity contribution is -0.120. The van der Waals surface area contributed by atoms with Gasteiger partial charge in [-0.1, -0.05) is 18.2 Å². The van der Waals surface area contributed by atoms with Gasteiger partial charge in [-0.3, -0.25) is 4.79 Å². The van der Waals surface area contributed by atoms with Gasteiger partial charge in [-0.2, -0.15) is 0 Å². The number of anilines is 1. The summed E-state index contributed by atoms with van der Waals surface area (Å²) in [6.07, 6.45) is 2.75. The number of pyridine rings is 1. The van der Waals surface area contributed by atoms with Gasteiger partial charge in [0.15, 0.2) is 0 Å². The molecular weight excluding hydrogens is 438 g/mol. The Morgan fingerprint density at radius 1 is 1.25 bits per heavy atom. The lowest BCUT2D eigenvalue weighted by Gasteiger charge is -2.36. The summed E-state index contributed by atoms with van der Waals surface area (Å²) in [5.41, 5.74) is 1.00. The fraction of sp³-hybridized carbons (Fsp3) is 0.429. The van der Waals surface area contributed by atoms with Crippen molar-refractivity contribution in [1.82, 2.24) is 10.3 Å². The lowest BCUT2D eigenvalue weighted by atomic mass is 10.2. The first-order valence-corrected chi connectivity index (χ1v) is 11.3. The summed E-state index contributed by atoms with van der Waals surface area (Å²) >= 11 is 5.21. The van der Waals surface area contributed by atoms with Crippen LogP contribution in [0.2, 0.25) is 0 Å². The second kappa shape index (κ2) is 10.3. The highest BCUT2D eigenvalue weighted by Gasteiger charge is 2.22. The van der Waals surface area contributed by atoms with Crippen molar-refractivity contribution in [1.29, 1.82) is 0 Å². The maximum atomic E-state index is 12.1.